The van der Waals surface area contributed by atoms with E-state index >= 15 is 0 Å². The van der Waals surface area contributed by atoms with Gasteiger partial charge in [-0.15, -0.1) is 0 Å². The zero-order valence-corrected chi connectivity index (χ0v) is 15.2. The lowest BCUT2D eigenvalue weighted by atomic mass is 10.0. The molecule has 3 heterocycles. The first-order valence-corrected chi connectivity index (χ1v) is 9.23. The monoisotopic (exact) mass is 352 g/mol. The number of pyridine rings is 1. The van der Waals surface area contributed by atoms with Crippen molar-refractivity contribution >= 4 is 11.5 Å². The second-order valence-electron chi connectivity index (χ2n) is 6.84. The topological polar surface area (TPSA) is 41.7 Å². The third-order valence-corrected chi connectivity index (χ3v) is 4.96. The van der Waals surface area contributed by atoms with Crippen LogP contribution in [0.15, 0.2) is 77.9 Å². The molecule has 1 aliphatic rings. The number of benzene rings is 2. The predicted octanol–water partition coefficient (Wildman–Crippen LogP) is 4.33. The first kappa shape index (κ1) is 15.8. The van der Waals surface area contributed by atoms with Gasteiger partial charge in [0.25, 0.3) is 0 Å². The number of rotatable bonds is 3. The zero-order chi connectivity index (χ0) is 18.2. The highest BCUT2D eigenvalue weighted by Crippen LogP contribution is 2.33. The van der Waals surface area contributed by atoms with Gasteiger partial charge >= 0.3 is 0 Å². The van der Waals surface area contributed by atoms with Gasteiger partial charge < -0.3 is 5.32 Å². The second-order valence-corrected chi connectivity index (χ2v) is 6.84. The number of imidazole rings is 1. The van der Waals surface area contributed by atoms with Crippen LogP contribution in [0.2, 0.25) is 0 Å². The van der Waals surface area contributed by atoms with E-state index in [0.717, 1.165) is 47.1 Å². The quantitative estimate of drug-likeness (QED) is 0.596. The van der Waals surface area contributed by atoms with Crippen LogP contribution in [-0.2, 0) is 0 Å². The fourth-order valence-corrected chi connectivity index (χ4v) is 3.56. The number of amidine groups is 1. The Morgan fingerprint density at radius 2 is 1.59 bits per heavy atom. The number of hydrogen-bond donors (Lipinski definition) is 1. The van der Waals surface area contributed by atoms with Gasteiger partial charge in [-0.2, -0.15) is 0 Å². The molecular formula is C23H20N4. The Balaban J connectivity index is 1.66. The van der Waals surface area contributed by atoms with Crippen LogP contribution < -0.4 is 5.32 Å². The fraction of sp³-hybridized carbons (Fsp3) is 0.130. The van der Waals surface area contributed by atoms with E-state index in [1.54, 1.807) is 0 Å². The summed E-state index contributed by atoms with van der Waals surface area (Å²) in [6.45, 7) is 3.87. The Hall–Kier alpha value is -3.40. The molecule has 0 amide bonds. The molecule has 0 saturated carbocycles. The van der Waals surface area contributed by atoms with Crippen molar-refractivity contribution in [2.24, 2.45) is 4.99 Å². The molecule has 4 aromatic rings. The van der Waals surface area contributed by atoms with Crippen LogP contribution in [-0.4, -0.2) is 28.3 Å². The minimum atomic E-state index is 0.848. The summed E-state index contributed by atoms with van der Waals surface area (Å²) in [4.78, 5) is 9.43. The smallest absolute Gasteiger partial charge is 0.137 e. The van der Waals surface area contributed by atoms with Crippen LogP contribution in [0.5, 0.6) is 0 Å². The third kappa shape index (κ3) is 2.79. The molecule has 1 N–H and O–H groups in total. The van der Waals surface area contributed by atoms with Crippen LogP contribution in [0, 0.1) is 6.92 Å². The summed E-state index contributed by atoms with van der Waals surface area (Å²) in [5.41, 5.74) is 7.72. The number of nitrogens with zero attached hydrogens (tertiary/aromatic N) is 3. The minimum Gasteiger partial charge on any atom is -0.368 e. The average molecular weight is 352 g/mol. The lowest BCUT2D eigenvalue weighted by Crippen LogP contribution is -2.19. The number of aromatic nitrogens is 2. The maximum absolute atomic E-state index is 4.93. The van der Waals surface area contributed by atoms with Crippen molar-refractivity contribution in [1.82, 2.24) is 14.7 Å². The van der Waals surface area contributed by atoms with Gasteiger partial charge in [-0.25, -0.2) is 4.98 Å². The van der Waals surface area contributed by atoms with Gasteiger partial charge in [0.1, 0.15) is 11.5 Å². The Morgan fingerprint density at radius 3 is 2.33 bits per heavy atom. The van der Waals surface area contributed by atoms with E-state index in [4.69, 9.17) is 4.98 Å². The Labute approximate surface area is 158 Å². The van der Waals surface area contributed by atoms with Crippen molar-refractivity contribution in [2.45, 2.75) is 6.92 Å². The molecule has 27 heavy (non-hydrogen) atoms. The SMILES string of the molecule is Cc1ccc(-c2c(-c3ccc(C4=NCCN4)cc3)nc3ccccn23)cc1. The maximum Gasteiger partial charge on any atom is 0.137 e. The number of nitrogens with one attached hydrogen (secondary N) is 1. The van der Waals surface area contributed by atoms with Crippen molar-refractivity contribution in [1.29, 1.82) is 0 Å². The van der Waals surface area contributed by atoms with Crippen molar-refractivity contribution in [3.05, 3.63) is 84.1 Å². The highest BCUT2D eigenvalue weighted by atomic mass is 15.1. The van der Waals surface area contributed by atoms with Crippen LogP contribution in [0.25, 0.3) is 28.2 Å². The van der Waals surface area contributed by atoms with Gasteiger partial charge in [-0.05, 0) is 19.1 Å². The van der Waals surface area contributed by atoms with Crippen molar-refractivity contribution in [3.63, 3.8) is 0 Å². The second kappa shape index (κ2) is 6.40. The summed E-state index contributed by atoms with van der Waals surface area (Å²) in [5, 5.41) is 3.33. The molecule has 0 aliphatic carbocycles. The van der Waals surface area contributed by atoms with Crippen molar-refractivity contribution < 1.29 is 0 Å². The zero-order valence-electron chi connectivity index (χ0n) is 15.2. The maximum atomic E-state index is 4.93. The molecule has 1 aliphatic heterocycles. The molecular weight excluding hydrogens is 332 g/mol. The predicted molar refractivity (Wildman–Crippen MR) is 110 cm³/mol. The molecule has 0 bridgehead atoms. The summed E-state index contributed by atoms with van der Waals surface area (Å²) in [6.07, 6.45) is 2.08. The Morgan fingerprint density at radius 1 is 0.852 bits per heavy atom. The van der Waals surface area contributed by atoms with E-state index in [-0.39, 0.29) is 0 Å². The molecule has 0 unspecified atom stereocenters. The molecule has 4 heteroatoms. The van der Waals surface area contributed by atoms with Crippen LogP contribution in [0.4, 0.5) is 0 Å². The molecule has 0 spiro atoms. The van der Waals surface area contributed by atoms with E-state index < -0.39 is 0 Å². The lowest BCUT2D eigenvalue weighted by molar-refractivity contribution is 0.960. The Bertz CT molecular complexity index is 1140. The molecule has 0 radical (unpaired) electrons. The summed E-state index contributed by atoms with van der Waals surface area (Å²) in [6, 6.07) is 23.3. The molecule has 0 atom stereocenters. The molecule has 4 nitrogen and oxygen atoms in total. The van der Waals surface area contributed by atoms with Crippen LogP contribution in [0.3, 0.4) is 0 Å². The van der Waals surface area contributed by atoms with Gasteiger partial charge in [-0.1, -0.05) is 60.2 Å². The Kier molecular flexibility index (Phi) is 3.75. The van der Waals surface area contributed by atoms with Gasteiger partial charge in [0.2, 0.25) is 0 Å². The largest absolute Gasteiger partial charge is 0.368 e. The number of hydrogen-bond acceptors (Lipinski definition) is 3. The highest BCUT2D eigenvalue weighted by molar-refractivity contribution is 6.00. The van der Waals surface area contributed by atoms with Gasteiger partial charge in [0.15, 0.2) is 0 Å². The highest BCUT2D eigenvalue weighted by Gasteiger charge is 2.16. The number of aryl methyl sites for hydroxylation is 1. The van der Waals surface area contributed by atoms with Crippen molar-refractivity contribution in [2.75, 3.05) is 13.1 Å². The lowest BCUT2D eigenvalue weighted by Gasteiger charge is -2.08. The summed E-state index contributed by atoms with van der Waals surface area (Å²) in [7, 11) is 0. The molecule has 2 aromatic carbocycles. The number of fused-ring (bicyclic) bond motifs is 1. The molecule has 0 saturated heterocycles. The summed E-state index contributed by atoms with van der Waals surface area (Å²) < 4.78 is 2.16. The molecule has 2 aromatic heterocycles. The molecule has 5 rings (SSSR count). The normalized spacial score (nSPS) is 13.6. The van der Waals surface area contributed by atoms with Gasteiger partial charge in [0, 0.05) is 29.4 Å². The van der Waals surface area contributed by atoms with E-state index in [0.29, 0.717) is 0 Å². The van der Waals surface area contributed by atoms with Gasteiger partial charge in [-0.3, -0.25) is 9.39 Å². The van der Waals surface area contributed by atoms with E-state index in [9.17, 15) is 0 Å². The van der Waals surface area contributed by atoms with E-state index in [2.05, 4.69) is 76.4 Å². The number of aliphatic imine (C=N–C) groups is 1. The summed E-state index contributed by atoms with van der Waals surface area (Å²) in [5.74, 6) is 0.982. The van der Waals surface area contributed by atoms with Gasteiger partial charge in [0.05, 0.1) is 17.9 Å². The summed E-state index contributed by atoms with van der Waals surface area (Å²) >= 11 is 0. The molecule has 0 fully saturated rings. The van der Waals surface area contributed by atoms with Crippen LogP contribution in [0.1, 0.15) is 11.1 Å². The third-order valence-electron chi connectivity index (χ3n) is 4.96. The van der Waals surface area contributed by atoms with E-state index in [1.807, 2.05) is 18.2 Å². The van der Waals surface area contributed by atoms with E-state index in [1.165, 1.54) is 11.1 Å². The van der Waals surface area contributed by atoms with Crippen molar-refractivity contribution in [3.8, 4) is 22.5 Å². The first-order chi connectivity index (χ1) is 13.3. The molecule has 132 valence electrons. The fourth-order valence-electron chi connectivity index (χ4n) is 3.56. The standard InChI is InChI=1S/C23H20N4/c1-16-5-7-18(8-6-16)22-21(26-20-4-2-3-15-27(20)22)17-9-11-19(12-10-17)23-24-13-14-25-23/h2-12,15H,13-14H2,1H3,(H,24,25). The average Bonchev–Trinajstić information content (AvgIpc) is 3.37. The van der Waals surface area contributed by atoms with Crippen LogP contribution >= 0.6 is 0 Å². The minimum absolute atomic E-state index is 0.848. The first-order valence-electron chi connectivity index (χ1n) is 9.23.